The second kappa shape index (κ2) is 5.15. The van der Waals surface area contributed by atoms with E-state index in [0.29, 0.717) is 6.54 Å². The van der Waals surface area contributed by atoms with Crippen molar-refractivity contribution in [3.8, 4) is 0 Å². The molecule has 19 heavy (non-hydrogen) atoms. The van der Waals surface area contributed by atoms with Crippen molar-refractivity contribution in [2.45, 2.75) is 26.4 Å². The number of hydrogen-bond acceptors (Lipinski definition) is 4. The first kappa shape index (κ1) is 12.4. The molecule has 2 aromatic heterocycles. The van der Waals surface area contributed by atoms with Gasteiger partial charge >= 0.3 is 0 Å². The number of para-hydroxylation sites is 1. The predicted molar refractivity (Wildman–Crippen MR) is 78.3 cm³/mol. The normalized spacial score (nSPS) is 12.9. The summed E-state index contributed by atoms with van der Waals surface area (Å²) in [6.07, 6.45) is 0. The van der Waals surface area contributed by atoms with Gasteiger partial charge in [-0.15, -0.1) is 11.3 Å². The lowest BCUT2D eigenvalue weighted by Crippen LogP contribution is -2.17. The molecule has 1 N–H and O–H groups in total. The van der Waals surface area contributed by atoms with Gasteiger partial charge in [0.25, 0.3) is 0 Å². The number of fused-ring (bicyclic) bond motifs is 1. The van der Waals surface area contributed by atoms with Crippen molar-refractivity contribution < 1.29 is 4.42 Å². The zero-order chi connectivity index (χ0) is 13.2. The number of furan rings is 1. The fourth-order valence-corrected chi connectivity index (χ4v) is 2.86. The van der Waals surface area contributed by atoms with E-state index in [2.05, 4.69) is 34.7 Å². The van der Waals surface area contributed by atoms with Crippen LogP contribution in [0.2, 0.25) is 0 Å². The van der Waals surface area contributed by atoms with Crippen LogP contribution in [0, 0.1) is 6.92 Å². The number of benzene rings is 1. The Balaban J connectivity index is 1.68. The maximum Gasteiger partial charge on any atom is 0.134 e. The Morgan fingerprint density at radius 3 is 2.95 bits per heavy atom. The Bertz CT molecular complexity index is 653. The topological polar surface area (TPSA) is 38.1 Å². The van der Waals surface area contributed by atoms with Crippen molar-refractivity contribution in [1.29, 1.82) is 0 Å². The van der Waals surface area contributed by atoms with Crippen molar-refractivity contribution in [2.75, 3.05) is 0 Å². The van der Waals surface area contributed by atoms with E-state index in [-0.39, 0.29) is 6.04 Å². The molecule has 1 aromatic carbocycles. The van der Waals surface area contributed by atoms with Crippen LogP contribution in [0.5, 0.6) is 0 Å². The summed E-state index contributed by atoms with van der Waals surface area (Å²) < 4.78 is 5.78. The third kappa shape index (κ3) is 2.69. The minimum absolute atomic E-state index is 0.243. The molecular formula is C15H16N2OS. The first-order valence-electron chi connectivity index (χ1n) is 6.35. The van der Waals surface area contributed by atoms with Crippen LogP contribution in [0.4, 0.5) is 0 Å². The van der Waals surface area contributed by atoms with Gasteiger partial charge in [-0.1, -0.05) is 18.2 Å². The molecule has 98 valence electrons. The highest BCUT2D eigenvalue weighted by atomic mass is 32.1. The number of thiazole rings is 1. The lowest BCUT2D eigenvalue weighted by Gasteiger charge is -2.09. The smallest absolute Gasteiger partial charge is 0.134 e. The number of aryl methyl sites for hydroxylation is 1. The molecule has 0 radical (unpaired) electrons. The fourth-order valence-electron chi connectivity index (χ4n) is 2.04. The summed E-state index contributed by atoms with van der Waals surface area (Å²) in [5.74, 6) is 0.960. The monoisotopic (exact) mass is 272 g/mol. The molecule has 0 amide bonds. The van der Waals surface area contributed by atoms with Gasteiger partial charge in [0, 0.05) is 16.5 Å². The van der Waals surface area contributed by atoms with E-state index in [9.17, 15) is 0 Å². The minimum atomic E-state index is 0.243. The van der Waals surface area contributed by atoms with Crippen LogP contribution < -0.4 is 5.32 Å². The first-order valence-corrected chi connectivity index (χ1v) is 7.23. The van der Waals surface area contributed by atoms with Gasteiger partial charge in [0.05, 0.1) is 12.6 Å². The van der Waals surface area contributed by atoms with Crippen LogP contribution in [0.15, 0.2) is 40.1 Å². The quantitative estimate of drug-likeness (QED) is 0.778. The molecule has 3 nitrogen and oxygen atoms in total. The zero-order valence-corrected chi connectivity index (χ0v) is 11.8. The zero-order valence-electron chi connectivity index (χ0n) is 11.0. The Labute approximate surface area is 116 Å². The second-order valence-electron chi connectivity index (χ2n) is 4.68. The van der Waals surface area contributed by atoms with Crippen LogP contribution in [0.1, 0.15) is 29.4 Å². The molecule has 3 rings (SSSR count). The molecule has 0 aliphatic carbocycles. The number of aromatic nitrogens is 1. The van der Waals surface area contributed by atoms with Crippen LogP contribution in [-0.4, -0.2) is 4.98 Å². The number of nitrogens with zero attached hydrogens (tertiary/aromatic N) is 1. The Hall–Kier alpha value is -1.65. The lowest BCUT2D eigenvalue weighted by atomic mass is 10.2. The van der Waals surface area contributed by atoms with Crippen molar-refractivity contribution in [3.05, 3.63) is 52.2 Å². The third-order valence-corrected chi connectivity index (χ3v) is 4.21. The Kier molecular flexibility index (Phi) is 3.36. The lowest BCUT2D eigenvalue weighted by molar-refractivity contribution is 0.481. The fraction of sp³-hybridized carbons (Fsp3) is 0.267. The minimum Gasteiger partial charge on any atom is -0.460 e. The van der Waals surface area contributed by atoms with Crippen molar-refractivity contribution in [3.63, 3.8) is 0 Å². The molecule has 0 aliphatic heterocycles. The molecule has 3 aromatic rings. The SMILES string of the molecule is Cc1csc(C(C)NCc2cc3ccccc3o2)n1. The number of hydrogen-bond donors (Lipinski definition) is 1. The van der Waals surface area contributed by atoms with Gasteiger partial charge in [0.1, 0.15) is 16.4 Å². The number of nitrogens with one attached hydrogen (secondary N) is 1. The van der Waals surface area contributed by atoms with Crippen molar-refractivity contribution >= 4 is 22.3 Å². The van der Waals surface area contributed by atoms with E-state index < -0.39 is 0 Å². The third-order valence-electron chi connectivity index (χ3n) is 3.07. The summed E-state index contributed by atoms with van der Waals surface area (Å²) in [6.45, 7) is 4.86. The molecule has 0 fully saturated rings. The molecule has 2 heterocycles. The van der Waals surface area contributed by atoms with Gasteiger partial charge in [-0.05, 0) is 26.0 Å². The summed E-state index contributed by atoms with van der Waals surface area (Å²) in [5.41, 5.74) is 2.02. The van der Waals surface area contributed by atoms with E-state index in [4.69, 9.17) is 4.42 Å². The largest absolute Gasteiger partial charge is 0.460 e. The van der Waals surface area contributed by atoms with Gasteiger partial charge in [-0.3, -0.25) is 0 Å². The highest BCUT2D eigenvalue weighted by molar-refractivity contribution is 7.09. The maximum atomic E-state index is 5.78. The molecule has 0 bridgehead atoms. The van der Waals surface area contributed by atoms with Crippen LogP contribution in [0.25, 0.3) is 11.0 Å². The average molecular weight is 272 g/mol. The van der Waals surface area contributed by atoms with Crippen LogP contribution in [-0.2, 0) is 6.54 Å². The van der Waals surface area contributed by atoms with E-state index >= 15 is 0 Å². The molecule has 0 aliphatic rings. The highest BCUT2D eigenvalue weighted by Gasteiger charge is 2.10. The van der Waals surface area contributed by atoms with Gasteiger partial charge in [-0.25, -0.2) is 4.98 Å². The molecular weight excluding hydrogens is 256 g/mol. The summed E-state index contributed by atoms with van der Waals surface area (Å²) >= 11 is 1.69. The van der Waals surface area contributed by atoms with Gasteiger partial charge in [-0.2, -0.15) is 0 Å². The van der Waals surface area contributed by atoms with E-state index in [1.165, 1.54) is 0 Å². The molecule has 0 spiro atoms. The summed E-state index contributed by atoms with van der Waals surface area (Å²) in [5, 5.41) is 7.79. The van der Waals surface area contributed by atoms with E-state index in [1.54, 1.807) is 11.3 Å². The molecule has 0 saturated carbocycles. The first-order chi connectivity index (χ1) is 9.22. The van der Waals surface area contributed by atoms with E-state index in [0.717, 1.165) is 27.4 Å². The number of rotatable bonds is 4. The Morgan fingerprint density at radius 2 is 2.21 bits per heavy atom. The van der Waals surface area contributed by atoms with E-state index in [1.807, 2.05) is 25.1 Å². The molecule has 4 heteroatoms. The standard InChI is InChI=1S/C15H16N2OS/c1-10-9-19-15(17-10)11(2)16-8-13-7-12-5-3-4-6-14(12)18-13/h3-7,9,11,16H,8H2,1-2H3. The average Bonchev–Trinajstić information content (AvgIpc) is 3.01. The Morgan fingerprint density at radius 1 is 1.37 bits per heavy atom. The summed E-state index contributed by atoms with van der Waals surface area (Å²) in [6, 6.07) is 10.4. The van der Waals surface area contributed by atoms with Gasteiger partial charge in [0.2, 0.25) is 0 Å². The van der Waals surface area contributed by atoms with Crippen LogP contribution in [0.3, 0.4) is 0 Å². The summed E-state index contributed by atoms with van der Waals surface area (Å²) in [4.78, 5) is 4.49. The van der Waals surface area contributed by atoms with Crippen molar-refractivity contribution in [2.24, 2.45) is 0 Å². The van der Waals surface area contributed by atoms with Gasteiger partial charge < -0.3 is 9.73 Å². The van der Waals surface area contributed by atoms with Crippen molar-refractivity contribution in [1.82, 2.24) is 10.3 Å². The molecule has 0 saturated heterocycles. The second-order valence-corrected chi connectivity index (χ2v) is 5.57. The molecule has 1 unspecified atom stereocenters. The highest BCUT2D eigenvalue weighted by Crippen LogP contribution is 2.21. The predicted octanol–water partition coefficient (Wildman–Crippen LogP) is 4.05. The maximum absolute atomic E-state index is 5.78. The van der Waals surface area contributed by atoms with Crippen LogP contribution >= 0.6 is 11.3 Å². The molecule has 1 atom stereocenters. The van der Waals surface area contributed by atoms with Gasteiger partial charge in [0.15, 0.2) is 0 Å². The summed E-state index contributed by atoms with van der Waals surface area (Å²) in [7, 11) is 0.